The molecule has 0 radical (unpaired) electrons. The highest BCUT2D eigenvalue weighted by molar-refractivity contribution is 5.21. The van der Waals surface area contributed by atoms with Crippen LogP contribution in [-0.2, 0) is 131 Å². The first-order valence-corrected chi connectivity index (χ1v) is 35.4. The van der Waals surface area contributed by atoms with Crippen molar-refractivity contribution in [2.45, 2.75) is 164 Å². The largest absolute Gasteiger partial charge is 0.387 e. The van der Waals surface area contributed by atoms with E-state index in [0.717, 1.165) is 56.5 Å². The van der Waals surface area contributed by atoms with Crippen LogP contribution in [0.1, 0.15) is 62.9 Å². The molecule has 12 rings (SSSR count). The van der Waals surface area contributed by atoms with E-state index in [1.807, 2.05) is 279 Å². The number of hydrogen-bond donors (Lipinski definition) is 1. The Balaban J connectivity index is 0.966. The first-order chi connectivity index (χ1) is 50.5. The molecule has 0 unspecified atom stereocenters. The number of benzene rings is 9. The van der Waals surface area contributed by atoms with E-state index in [9.17, 15) is 5.11 Å². The molecule has 3 saturated heterocycles. The average molecular weight is 1380 g/mol. The highest BCUT2D eigenvalue weighted by Gasteiger charge is 2.57. The van der Waals surface area contributed by atoms with Gasteiger partial charge in [-0.25, -0.2) is 0 Å². The molecular weight excluding hydrogens is 1290 g/mol. The molecule has 16 heteroatoms. The van der Waals surface area contributed by atoms with Crippen molar-refractivity contribution in [2.75, 3.05) is 26.4 Å². The summed E-state index contributed by atoms with van der Waals surface area (Å²) in [7, 11) is 0. The molecule has 102 heavy (non-hydrogen) atoms. The summed E-state index contributed by atoms with van der Waals surface area (Å²) in [6.45, 7) is 5.87. The third-order valence-corrected chi connectivity index (χ3v) is 18.1. The normalized spacial score (nSPS) is 25.0. The molecule has 9 aromatic carbocycles. The van der Waals surface area contributed by atoms with Crippen LogP contribution < -0.4 is 0 Å². The van der Waals surface area contributed by atoms with Crippen LogP contribution in [0.15, 0.2) is 286 Å². The Hall–Kier alpha value is -7.92. The summed E-state index contributed by atoms with van der Waals surface area (Å²) in [5, 5.41) is 13.2. The molecule has 0 bridgehead atoms. The second kappa shape index (κ2) is 40.2. The fraction of sp³-hybridized carbons (Fsp3) is 0.349. The molecule has 1 N–H and O–H groups in total. The quantitative estimate of drug-likeness (QED) is 0.0286. The summed E-state index contributed by atoms with van der Waals surface area (Å²) in [5.74, 6) is 0. The zero-order valence-electron chi connectivity index (χ0n) is 57.6. The maximum atomic E-state index is 13.2. The van der Waals surface area contributed by atoms with Gasteiger partial charge in [0.1, 0.15) is 73.2 Å². The predicted octanol–water partition coefficient (Wildman–Crippen LogP) is 14.4. The van der Waals surface area contributed by atoms with Gasteiger partial charge in [-0.1, -0.05) is 279 Å². The number of rotatable bonds is 39. The lowest BCUT2D eigenvalue weighted by Crippen LogP contribution is -2.68. The van der Waals surface area contributed by atoms with Crippen LogP contribution in [0.3, 0.4) is 0 Å². The first kappa shape index (κ1) is 73.8. The monoisotopic (exact) mass is 1380 g/mol. The molecule has 3 heterocycles. The lowest BCUT2D eigenvalue weighted by atomic mass is 9.95. The Kier molecular flexibility index (Phi) is 29.1. The summed E-state index contributed by atoms with van der Waals surface area (Å²) in [6.07, 6.45) is -12.7. The van der Waals surface area contributed by atoms with Gasteiger partial charge in [0.25, 0.3) is 0 Å². The number of allylic oxidation sites excluding steroid dienone is 1. The fourth-order valence-corrected chi connectivity index (χ4v) is 12.8. The molecule has 0 saturated carbocycles. The molecule has 3 aliphatic rings. The lowest BCUT2D eigenvalue weighted by Gasteiger charge is -2.51. The Morgan fingerprint density at radius 3 is 0.833 bits per heavy atom. The minimum absolute atomic E-state index is 0.0120. The van der Waals surface area contributed by atoms with Gasteiger partial charge in [0.05, 0.1) is 85.9 Å². The molecule has 3 aliphatic heterocycles. The van der Waals surface area contributed by atoms with Crippen LogP contribution in [0, 0.1) is 0 Å². The standard InChI is InChI=1S/C86H94O16/c1-2-3-31-50-91-84-82(96-58-70-46-27-11-28-47-70)80(94-56-68-42-23-9-24-43-68)77(73(98-84)61-89-52-64-34-15-5-16-35-64)102-86-83(97-59-71-48-29-12-30-49-71)81(95-57-69-44-25-10-26-45-69)78(74(100-86)62-90-53-65-36-17-6-18-37-65)101-85-79(93-55-67-40-21-8-22-41-67)75(87)76(92-54-66-38-19-7-20-39-66)72(99-85)60-88-51-63-32-13-4-14-33-63/h2,4-30,32-49,72-87H,1,3,31,50-62H2/t72-,73-,74-,75+,76+,77-,78+,79-,80+,81+,82-,83-,84-,85-,86+/m1/s1. The Morgan fingerprint density at radius 2 is 0.520 bits per heavy atom. The minimum atomic E-state index is -1.34. The van der Waals surface area contributed by atoms with Gasteiger partial charge in [-0.05, 0) is 62.9 Å². The number of aliphatic hydroxyl groups is 1. The number of hydrogen-bond acceptors (Lipinski definition) is 16. The van der Waals surface area contributed by atoms with Gasteiger partial charge < -0.3 is 76.2 Å². The van der Waals surface area contributed by atoms with E-state index < -0.39 is 92.1 Å². The third-order valence-electron chi connectivity index (χ3n) is 18.1. The van der Waals surface area contributed by atoms with Crippen LogP contribution in [0.5, 0.6) is 0 Å². The van der Waals surface area contributed by atoms with Crippen molar-refractivity contribution in [3.05, 3.63) is 336 Å². The molecule has 0 amide bonds. The SMILES string of the molecule is C=CCCCO[C@@H]1O[C@H](COCc2ccccc2)[C@@H](O[C@@H]2O[C@H](COCc3ccccc3)[C@H](O[C@H]3O[C@H](COCc4ccccc4)[C@H](OCc4ccccc4)[C@H](O)[C@H]3OCc3ccccc3)[C@H](OCc3ccccc3)[C@H]2OCc2ccccc2)[C@H](OCc2ccccc2)[C@H]1OCc1ccccc1. The second-order valence-electron chi connectivity index (χ2n) is 25.7. The maximum absolute atomic E-state index is 13.2. The van der Waals surface area contributed by atoms with Crippen LogP contribution in [-0.4, -0.2) is 124 Å². The number of ether oxygens (including phenoxy) is 15. The molecule has 3 fully saturated rings. The Morgan fingerprint density at radius 1 is 0.275 bits per heavy atom. The summed E-state index contributed by atoms with van der Waals surface area (Å²) in [4.78, 5) is 0. The van der Waals surface area contributed by atoms with Crippen molar-refractivity contribution < 1.29 is 76.2 Å². The van der Waals surface area contributed by atoms with Crippen molar-refractivity contribution >= 4 is 0 Å². The maximum Gasteiger partial charge on any atom is 0.187 e. The summed E-state index contributed by atoms with van der Waals surface area (Å²) in [5.41, 5.74) is 8.26. The average Bonchev–Trinajstić information content (AvgIpc) is 0.765. The molecule has 534 valence electrons. The van der Waals surface area contributed by atoms with Crippen molar-refractivity contribution in [1.29, 1.82) is 0 Å². The van der Waals surface area contributed by atoms with E-state index in [4.69, 9.17) is 71.1 Å². The van der Waals surface area contributed by atoms with Gasteiger partial charge >= 0.3 is 0 Å². The van der Waals surface area contributed by atoms with Gasteiger partial charge in [0.2, 0.25) is 0 Å². The predicted molar refractivity (Wildman–Crippen MR) is 386 cm³/mol. The summed E-state index contributed by atoms with van der Waals surface area (Å²) in [6, 6.07) is 89.2. The summed E-state index contributed by atoms with van der Waals surface area (Å²) >= 11 is 0. The van der Waals surface area contributed by atoms with E-state index >= 15 is 0 Å². The van der Waals surface area contributed by atoms with Crippen molar-refractivity contribution in [3.63, 3.8) is 0 Å². The minimum Gasteiger partial charge on any atom is -0.387 e. The van der Waals surface area contributed by atoms with Gasteiger partial charge in [0, 0.05) is 0 Å². The Labute approximate surface area is 599 Å². The first-order valence-electron chi connectivity index (χ1n) is 35.4. The van der Waals surface area contributed by atoms with E-state index in [1.54, 1.807) is 0 Å². The third kappa shape index (κ3) is 22.1. The van der Waals surface area contributed by atoms with Gasteiger partial charge in [-0.3, -0.25) is 0 Å². The van der Waals surface area contributed by atoms with Crippen molar-refractivity contribution in [3.8, 4) is 0 Å². The molecule has 15 atom stereocenters. The molecule has 16 nitrogen and oxygen atoms in total. The van der Waals surface area contributed by atoms with E-state index in [0.29, 0.717) is 13.0 Å². The highest BCUT2D eigenvalue weighted by Crippen LogP contribution is 2.39. The van der Waals surface area contributed by atoms with Crippen molar-refractivity contribution in [2.24, 2.45) is 0 Å². The van der Waals surface area contributed by atoms with E-state index in [1.165, 1.54) is 0 Å². The molecular formula is C86H94O16. The van der Waals surface area contributed by atoms with Gasteiger partial charge in [-0.2, -0.15) is 0 Å². The second-order valence-corrected chi connectivity index (χ2v) is 25.7. The molecule has 0 aliphatic carbocycles. The fourth-order valence-electron chi connectivity index (χ4n) is 12.8. The lowest BCUT2D eigenvalue weighted by molar-refractivity contribution is -0.394. The van der Waals surface area contributed by atoms with Crippen LogP contribution >= 0.6 is 0 Å². The van der Waals surface area contributed by atoms with E-state index in [2.05, 4.69) is 6.58 Å². The number of aliphatic hydroxyl groups excluding tert-OH is 1. The Bertz CT molecular complexity index is 3720. The van der Waals surface area contributed by atoms with Crippen LogP contribution in [0.4, 0.5) is 0 Å². The van der Waals surface area contributed by atoms with Crippen molar-refractivity contribution in [1.82, 2.24) is 0 Å². The summed E-state index contributed by atoms with van der Waals surface area (Å²) < 4.78 is 107. The molecule has 9 aromatic rings. The smallest absolute Gasteiger partial charge is 0.187 e. The number of unbranched alkanes of at least 4 members (excludes halogenated alkanes) is 1. The van der Waals surface area contributed by atoms with E-state index in [-0.39, 0.29) is 79.3 Å². The topological polar surface area (TPSA) is 159 Å². The van der Waals surface area contributed by atoms with Crippen LogP contribution in [0.2, 0.25) is 0 Å². The zero-order chi connectivity index (χ0) is 69.6. The zero-order valence-corrected chi connectivity index (χ0v) is 57.6. The van der Waals surface area contributed by atoms with Gasteiger partial charge in [-0.15, -0.1) is 6.58 Å². The molecule has 0 aromatic heterocycles. The highest BCUT2D eigenvalue weighted by atomic mass is 16.8. The molecule has 0 spiro atoms. The van der Waals surface area contributed by atoms with Crippen LogP contribution in [0.25, 0.3) is 0 Å². The van der Waals surface area contributed by atoms with Gasteiger partial charge in [0.15, 0.2) is 18.9 Å².